The molecule has 1 N–H and O–H groups in total. The van der Waals surface area contributed by atoms with Gasteiger partial charge in [-0.25, -0.2) is 0 Å². The van der Waals surface area contributed by atoms with E-state index in [1.165, 1.54) is 0 Å². The number of fused-ring (bicyclic) bond motifs is 1. The molecule has 1 saturated heterocycles. The molecule has 1 fully saturated rings. The van der Waals surface area contributed by atoms with Crippen LogP contribution < -0.4 is 9.47 Å². The third kappa shape index (κ3) is 4.25. The fourth-order valence-corrected chi connectivity index (χ4v) is 3.76. The van der Waals surface area contributed by atoms with Crippen molar-refractivity contribution in [3.8, 4) is 11.5 Å². The number of likely N-dealkylation sites (tertiary alicyclic amines) is 1. The van der Waals surface area contributed by atoms with Gasteiger partial charge in [-0.15, -0.1) is 0 Å². The number of ether oxygens (including phenoxy) is 3. The van der Waals surface area contributed by atoms with Gasteiger partial charge in [0.15, 0.2) is 11.5 Å². The Labute approximate surface area is 148 Å². The van der Waals surface area contributed by atoms with Gasteiger partial charge in [0.2, 0.25) is 12.7 Å². The number of carbonyl (C=O) groups excluding carboxylic acids is 1. The minimum atomic E-state index is -0.193. The van der Waals surface area contributed by atoms with E-state index in [1.54, 1.807) is 7.11 Å². The molecule has 0 aromatic heterocycles. The highest BCUT2D eigenvalue weighted by Gasteiger charge is 2.36. The maximum absolute atomic E-state index is 12.7. The van der Waals surface area contributed by atoms with Crippen molar-refractivity contribution in [3.63, 3.8) is 0 Å². The van der Waals surface area contributed by atoms with Gasteiger partial charge in [0.1, 0.15) is 0 Å². The van der Waals surface area contributed by atoms with Crippen LogP contribution in [0.3, 0.4) is 0 Å². The summed E-state index contributed by atoms with van der Waals surface area (Å²) < 4.78 is 15.8. The van der Waals surface area contributed by atoms with Crippen LogP contribution in [0.4, 0.5) is 0 Å². The van der Waals surface area contributed by atoms with Crippen molar-refractivity contribution in [2.45, 2.75) is 32.1 Å². The van der Waals surface area contributed by atoms with Crippen LogP contribution in [0.15, 0.2) is 18.2 Å². The number of hydrogen-bond donors (Lipinski definition) is 1. The molecule has 1 amide bonds. The molecule has 0 radical (unpaired) electrons. The van der Waals surface area contributed by atoms with Gasteiger partial charge >= 0.3 is 0 Å². The summed E-state index contributed by atoms with van der Waals surface area (Å²) >= 11 is 0. The van der Waals surface area contributed by atoms with Gasteiger partial charge in [0, 0.05) is 32.2 Å². The largest absolute Gasteiger partial charge is 0.454 e. The van der Waals surface area contributed by atoms with E-state index in [9.17, 15) is 9.90 Å². The number of hydrogen-bond acceptors (Lipinski definition) is 5. The number of benzene rings is 1. The average Bonchev–Trinajstić information content (AvgIpc) is 3.10. The van der Waals surface area contributed by atoms with Gasteiger partial charge in [-0.3, -0.25) is 4.79 Å². The summed E-state index contributed by atoms with van der Waals surface area (Å²) in [4.78, 5) is 14.6. The summed E-state index contributed by atoms with van der Waals surface area (Å²) in [6.45, 7) is 2.42. The van der Waals surface area contributed by atoms with Crippen molar-refractivity contribution in [2.24, 2.45) is 5.41 Å². The second kappa shape index (κ2) is 8.06. The van der Waals surface area contributed by atoms with Gasteiger partial charge in [-0.05, 0) is 43.4 Å². The van der Waals surface area contributed by atoms with Crippen molar-refractivity contribution >= 4 is 5.91 Å². The minimum Gasteiger partial charge on any atom is -0.454 e. The highest BCUT2D eigenvalue weighted by molar-refractivity contribution is 5.79. The normalized spacial score (nSPS) is 22.2. The van der Waals surface area contributed by atoms with E-state index < -0.39 is 0 Å². The van der Waals surface area contributed by atoms with Crippen molar-refractivity contribution < 1.29 is 24.1 Å². The monoisotopic (exact) mass is 349 g/mol. The van der Waals surface area contributed by atoms with Crippen LogP contribution in [-0.2, 0) is 16.0 Å². The molecule has 1 aromatic carbocycles. The summed E-state index contributed by atoms with van der Waals surface area (Å²) in [6.07, 6.45) is 4.02. The number of methoxy groups -OCH3 is 1. The Hall–Kier alpha value is -1.79. The van der Waals surface area contributed by atoms with E-state index in [0.717, 1.165) is 43.5 Å². The summed E-state index contributed by atoms with van der Waals surface area (Å²) in [7, 11) is 1.69. The van der Waals surface area contributed by atoms with Crippen LogP contribution in [0.1, 0.15) is 31.2 Å². The highest BCUT2D eigenvalue weighted by Crippen LogP contribution is 2.35. The van der Waals surface area contributed by atoms with Crippen molar-refractivity contribution in [2.75, 3.05) is 40.2 Å². The molecule has 1 atom stereocenters. The first kappa shape index (κ1) is 18.0. The van der Waals surface area contributed by atoms with Crippen LogP contribution in [0.5, 0.6) is 11.5 Å². The maximum Gasteiger partial charge on any atom is 0.231 e. The molecule has 25 heavy (non-hydrogen) atoms. The molecule has 0 saturated carbocycles. The van der Waals surface area contributed by atoms with E-state index in [0.29, 0.717) is 25.3 Å². The third-order valence-corrected chi connectivity index (χ3v) is 5.20. The smallest absolute Gasteiger partial charge is 0.231 e. The van der Waals surface area contributed by atoms with Gasteiger partial charge < -0.3 is 24.2 Å². The fraction of sp³-hybridized carbons (Fsp3) is 0.632. The molecule has 2 heterocycles. The van der Waals surface area contributed by atoms with Crippen LogP contribution in [0.25, 0.3) is 0 Å². The molecular weight excluding hydrogens is 322 g/mol. The molecule has 1 unspecified atom stereocenters. The van der Waals surface area contributed by atoms with Gasteiger partial charge in [0.25, 0.3) is 0 Å². The minimum absolute atomic E-state index is 0.100. The maximum atomic E-state index is 12.7. The molecule has 0 aliphatic carbocycles. The lowest BCUT2D eigenvalue weighted by atomic mass is 9.77. The second-order valence-electron chi connectivity index (χ2n) is 7.04. The van der Waals surface area contributed by atoms with Crippen molar-refractivity contribution in [1.82, 2.24) is 4.90 Å². The number of rotatable bonds is 7. The summed E-state index contributed by atoms with van der Waals surface area (Å²) in [5.74, 6) is 1.53. The molecule has 6 heteroatoms. The number of aliphatic hydroxyl groups is 1. The lowest BCUT2D eigenvalue weighted by molar-refractivity contribution is -0.135. The summed E-state index contributed by atoms with van der Waals surface area (Å²) in [6, 6.07) is 5.64. The van der Waals surface area contributed by atoms with E-state index >= 15 is 0 Å². The molecule has 0 spiro atoms. The van der Waals surface area contributed by atoms with E-state index in [2.05, 4.69) is 0 Å². The van der Waals surface area contributed by atoms with Gasteiger partial charge in [-0.2, -0.15) is 0 Å². The molecule has 6 nitrogen and oxygen atoms in total. The lowest BCUT2D eigenvalue weighted by Gasteiger charge is -2.42. The molecule has 1 aromatic rings. The van der Waals surface area contributed by atoms with E-state index in [1.807, 2.05) is 23.1 Å². The Kier molecular flexibility index (Phi) is 5.81. The Bertz CT molecular complexity index is 605. The Morgan fingerprint density at radius 1 is 1.36 bits per heavy atom. The van der Waals surface area contributed by atoms with Crippen molar-refractivity contribution in [1.29, 1.82) is 0 Å². The molecule has 3 rings (SSSR count). The Balaban J connectivity index is 1.61. The number of aliphatic hydroxyl groups excluding tert-OH is 1. The number of amides is 1. The van der Waals surface area contributed by atoms with E-state index in [-0.39, 0.29) is 24.7 Å². The number of piperidine rings is 1. The van der Waals surface area contributed by atoms with Crippen LogP contribution in [-0.4, -0.2) is 56.1 Å². The molecule has 2 aliphatic rings. The fourth-order valence-electron chi connectivity index (χ4n) is 3.76. The third-order valence-electron chi connectivity index (χ3n) is 5.20. The predicted octanol–water partition coefficient (Wildman–Crippen LogP) is 1.99. The van der Waals surface area contributed by atoms with Gasteiger partial charge in [-0.1, -0.05) is 6.07 Å². The zero-order valence-corrected chi connectivity index (χ0v) is 14.8. The van der Waals surface area contributed by atoms with Gasteiger partial charge in [0.05, 0.1) is 13.0 Å². The average molecular weight is 349 g/mol. The standard InChI is InChI=1S/C19H27NO5/c1-23-9-3-7-19(13-21)6-2-8-20(12-19)18(22)11-15-4-5-16-17(10-15)25-14-24-16/h4-5,10,21H,2-3,6-9,11-14H2,1H3. The predicted molar refractivity (Wildman–Crippen MR) is 92.7 cm³/mol. The van der Waals surface area contributed by atoms with Crippen LogP contribution in [0, 0.1) is 5.41 Å². The number of nitrogens with zero attached hydrogens (tertiary/aromatic N) is 1. The SMILES string of the molecule is COCCCC1(CO)CCCN(C(=O)Cc2ccc3c(c2)OCO3)C1. The molecule has 2 aliphatic heterocycles. The molecule has 138 valence electrons. The second-order valence-corrected chi connectivity index (χ2v) is 7.04. The first-order valence-electron chi connectivity index (χ1n) is 8.92. The zero-order chi connectivity index (χ0) is 17.7. The number of carbonyl (C=O) groups is 1. The topological polar surface area (TPSA) is 68.2 Å². The van der Waals surface area contributed by atoms with Crippen LogP contribution >= 0.6 is 0 Å². The quantitative estimate of drug-likeness (QED) is 0.763. The lowest BCUT2D eigenvalue weighted by Crippen LogP contribution is -2.48. The van der Waals surface area contributed by atoms with Crippen molar-refractivity contribution in [3.05, 3.63) is 23.8 Å². The molecular formula is C19H27NO5. The van der Waals surface area contributed by atoms with E-state index in [4.69, 9.17) is 14.2 Å². The molecule has 0 bridgehead atoms. The highest BCUT2D eigenvalue weighted by atomic mass is 16.7. The Morgan fingerprint density at radius 2 is 2.20 bits per heavy atom. The summed E-state index contributed by atoms with van der Waals surface area (Å²) in [5, 5.41) is 9.93. The summed E-state index contributed by atoms with van der Waals surface area (Å²) in [5.41, 5.74) is 0.732. The first-order chi connectivity index (χ1) is 12.2. The first-order valence-corrected chi connectivity index (χ1v) is 8.92. The zero-order valence-electron chi connectivity index (χ0n) is 14.8. The van der Waals surface area contributed by atoms with Crippen LogP contribution in [0.2, 0.25) is 0 Å². The Morgan fingerprint density at radius 3 is 3.00 bits per heavy atom.